The van der Waals surface area contributed by atoms with Gasteiger partial charge in [-0.05, 0) is 24.3 Å². The number of benzene rings is 1. The fourth-order valence-electron chi connectivity index (χ4n) is 0.820. The maximum Gasteiger partial charge on any atom is 0.221 e. The Morgan fingerprint density at radius 2 is 2.00 bits per heavy atom. The third-order valence-corrected chi connectivity index (χ3v) is 1.31. The third-order valence-electron chi connectivity index (χ3n) is 1.31. The second-order valence-electron chi connectivity index (χ2n) is 2.32. The number of anilines is 1. The molecule has 0 radical (unpaired) electrons. The van der Waals surface area contributed by atoms with Crippen molar-refractivity contribution in [3.05, 3.63) is 24.3 Å². The largest absolute Gasteiger partial charge is 0.412 e. The number of rotatable bonds is 2. The van der Waals surface area contributed by atoms with E-state index in [1.165, 1.54) is 6.92 Å². The van der Waals surface area contributed by atoms with Gasteiger partial charge in [0.2, 0.25) is 5.91 Å². The molecule has 0 saturated carbocycles. The lowest BCUT2D eigenvalue weighted by atomic mass is 10.3. The molecule has 0 fully saturated rings. The molecule has 0 aliphatic carbocycles. The number of hydrogen-bond acceptors (Lipinski definition) is 3. The Morgan fingerprint density at radius 1 is 1.42 bits per heavy atom. The van der Waals surface area contributed by atoms with E-state index < -0.39 is 0 Å². The third kappa shape index (κ3) is 2.25. The standard InChI is InChI=1S/C8H10N2O2/c1-6(11)10-7-2-4-8(12-9)5-3-7/h2-5H,9H2,1H3,(H,10,11). The second kappa shape index (κ2) is 3.73. The molecule has 1 aromatic rings. The van der Waals surface area contributed by atoms with Crippen LogP contribution in [-0.2, 0) is 4.79 Å². The summed E-state index contributed by atoms with van der Waals surface area (Å²) in [4.78, 5) is 15.1. The first-order valence-corrected chi connectivity index (χ1v) is 3.47. The van der Waals surface area contributed by atoms with Crippen LogP contribution >= 0.6 is 0 Å². The van der Waals surface area contributed by atoms with Gasteiger partial charge in [-0.15, -0.1) is 0 Å². The molecule has 0 saturated heterocycles. The first-order chi connectivity index (χ1) is 5.72. The molecular weight excluding hydrogens is 156 g/mol. The van der Waals surface area contributed by atoms with Crippen molar-refractivity contribution in [1.29, 1.82) is 0 Å². The number of carbonyl (C=O) groups is 1. The highest BCUT2D eigenvalue weighted by Gasteiger charge is 1.95. The monoisotopic (exact) mass is 166 g/mol. The van der Waals surface area contributed by atoms with Crippen LogP contribution in [0.15, 0.2) is 24.3 Å². The van der Waals surface area contributed by atoms with Crippen LogP contribution in [0.2, 0.25) is 0 Å². The lowest BCUT2D eigenvalue weighted by Gasteiger charge is -2.02. The predicted octanol–water partition coefficient (Wildman–Crippen LogP) is 0.897. The summed E-state index contributed by atoms with van der Waals surface area (Å²) in [6.07, 6.45) is 0. The van der Waals surface area contributed by atoms with Crippen molar-refractivity contribution in [2.75, 3.05) is 5.32 Å². The number of nitrogens with two attached hydrogens (primary N) is 1. The summed E-state index contributed by atoms with van der Waals surface area (Å²) in [6, 6.07) is 6.77. The van der Waals surface area contributed by atoms with Crippen LogP contribution in [0.25, 0.3) is 0 Å². The Balaban J connectivity index is 2.71. The number of carbonyl (C=O) groups excluding carboxylic acids is 1. The van der Waals surface area contributed by atoms with E-state index in [2.05, 4.69) is 10.2 Å². The number of nitrogens with one attached hydrogen (secondary N) is 1. The van der Waals surface area contributed by atoms with E-state index in [9.17, 15) is 4.79 Å². The zero-order valence-corrected chi connectivity index (χ0v) is 6.70. The predicted molar refractivity (Wildman–Crippen MR) is 45.6 cm³/mol. The fourth-order valence-corrected chi connectivity index (χ4v) is 0.820. The molecule has 1 amide bonds. The maximum absolute atomic E-state index is 10.6. The molecular formula is C8H10N2O2. The molecule has 1 aromatic carbocycles. The second-order valence-corrected chi connectivity index (χ2v) is 2.32. The Bertz CT molecular complexity index is 269. The van der Waals surface area contributed by atoms with Crippen LogP contribution in [0.1, 0.15) is 6.92 Å². The van der Waals surface area contributed by atoms with Crippen LogP contribution in [-0.4, -0.2) is 5.91 Å². The first kappa shape index (κ1) is 8.55. The fraction of sp³-hybridized carbons (Fsp3) is 0.125. The van der Waals surface area contributed by atoms with Gasteiger partial charge < -0.3 is 10.2 Å². The normalized spacial score (nSPS) is 9.17. The number of hydrogen-bond donors (Lipinski definition) is 2. The average Bonchev–Trinajstić information content (AvgIpc) is 2.05. The summed E-state index contributed by atoms with van der Waals surface area (Å²) in [7, 11) is 0. The van der Waals surface area contributed by atoms with Gasteiger partial charge in [-0.25, -0.2) is 0 Å². The van der Waals surface area contributed by atoms with Crippen LogP contribution in [0.4, 0.5) is 5.69 Å². The summed E-state index contributed by atoms with van der Waals surface area (Å²) in [5.41, 5.74) is 0.725. The van der Waals surface area contributed by atoms with Crippen LogP contribution < -0.4 is 16.1 Å². The van der Waals surface area contributed by atoms with Gasteiger partial charge in [0.25, 0.3) is 0 Å². The number of amides is 1. The summed E-state index contributed by atoms with van der Waals surface area (Å²) in [6.45, 7) is 1.45. The van der Waals surface area contributed by atoms with E-state index in [0.717, 1.165) is 5.69 Å². The maximum atomic E-state index is 10.6. The van der Waals surface area contributed by atoms with Gasteiger partial charge >= 0.3 is 0 Å². The molecule has 4 heteroatoms. The smallest absolute Gasteiger partial charge is 0.221 e. The van der Waals surface area contributed by atoms with E-state index in [0.29, 0.717) is 5.75 Å². The molecule has 0 bridgehead atoms. The highest BCUT2D eigenvalue weighted by Crippen LogP contribution is 2.13. The highest BCUT2D eigenvalue weighted by molar-refractivity contribution is 5.88. The summed E-state index contributed by atoms with van der Waals surface area (Å²) < 4.78 is 0. The SMILES string of the molecule is CC(=O)Nc1ccc(ON)cc1. The Kier molecular flexibility index (Phi) is 2.66. The topological polar surface area (TPSA) is 64.3 Å². The van der Waals surface area contributed by atoms with Crippen molar-refractivity contribution in [2.24, 2.45) is 5.90 Å². The zero-order chi connectivity index (χ0) is 8.97. The van der Waals surface area contributed by atoms with Crippen LogP contribution in [0.5, 0.6) is 5.75 Å². The van der Waals surface area contributed by atoms with Gasteiger partial charge in [-0.2, -0.15) is 5.90 Å². The zero-order valence-electron chi connectivity index (χ0n) is 6.70. The lowest BCUT2D eigenvalue weighted by molar-refractivity contribution is -0.114. The van der Waals surface area contributed by atoms with Gasteiger partial charge in [0.15, 0.2) is 0 Å². The summed E-state index contributed by atoms with van der Waals surface area (Å²) in [5, 5.41) is 2.62. The van der Waals surface area contributed by atoms with Crippen molar-refractivity contribution >= 4 is 11.6 Å². The van der Waals surface area contributed by atoms with Gasteiger partial charge in [0.1, 0.15) is 5.75 Å². The van der Waals surface area contributed by atoms with Gasteiger partial charge in [0, 0.05) is 12.6 Å². The van der Waals surface area contributed by atoms with Crippen molar-refractivity contribution in [3.8, 4) is 5.75 Å². The van der Waals surface area contributed by atoms with Gasteiger partial charge in [-0.3, -0.25) is 4.79 Å². The first-order valence-electron chi connectivity index (χ1n) is 3.47. The van der Waals surface area contributed by atoms with Crippen molar-refractivity contribution in [2.45, 2.75) is 6.92 Å². The van der Waals surface area contributed by atoms with Crippen LogP contribution in [0.3, 0.4) is 0 Å². The van der Waals surface area contributed by atoms with Crippen molar-refractivity contribution in [1.82, 2.24) is 0 Å². The minimum atomic E-state index is -0.101. The molecule has 0 atom stereocenters. The summed E-state index contributed by atoms with van der Waals surface area (Å²) >= 11 is 0. The molecule has 0 unspecified atom stereocenters. The van der Waals surface area contributed by atoms with Crippen molar-refractivity contribution < 1.29 is 9.63 Å². The molecule has 0 aromatic heterocycles. The highest BCUT2D eigenvalue weighted by atomic mass is 16.6. The van der Waals surface area contributed by atoms with E-state index in [1.54, 1.807) is 24.3 Å². The molecule has 1 rings (SSSR count). The molecule has 0 aliphatic rings. The molecule has 3 N–H and O–H groups in total. The van der Waals surface area contributed by atoms with Gasteiger partial charge in [0.05, 0.1) is 0 Å². The Morgan fingerprint density at radius 3 is 2.42 bits per heavy atom. The quantitative estimate of drug-likeness (QED) is 0.641. The van der Waals surface area contributed by atoms with Gasteiger partial charge in [-0.1, -0.05) is 0 Å². The molecule has 0 spiro atoms. The van der Waals surface area contributed by atoms with E-state index in [-0.39, 0.29) is 5.91 Å². The molecule has 12 heavy (non-hydrogen) atoms. The van der Waals surface area contributed by atoms with E-state index >= 15 is 0 Å². The minimum Gasteiger partial charge on any atom is -0.412 e. The molecule has 64 valence electrons. The van der Waals surface area contributed by atoms with E-state index in [4.69, 9.17) is 5.90 Å². The van der Waals surface area contributed by atoms with Crippen LogP contribution in [0, 0.1) is 0 Å². The Labute approximate surface area is 70.3 Å². The lowest BCUT2D eigenvalue weighted by Crippen LogP contribution is -2.06. The Hall–Kier alpha value is -1.55. The van der Waals surface area contributed by atoms with E-state index in [1.807, 2.05) is 0 Å². The molecule has 0 heterocycles. The average molecular weight is 166 g/mol. The molecule has 0 aliphatic heterocycles. The minimum absolute atomic E-state index is 0.101. The molecule has 4 nitrogen and oxygen atoms in total. The van der Waals surface area contributed by atoms with Crippen molar-refractivity contribution in [3.63, 3.8) is 0 Å². The summed E-state index contributed by atoms with van der Waals surface area (Å²) in [5.74, 6) is 5.37.